The second kappa shape index (κ2) is 6.56. The molecule has 0 aliphatic carbocycles. The molecule has 22 heavy (non-hydrogen) atoms. The third kappa shape index (κ3) is 2.79. The number of hydrogen-bond donors (Lipinski definition) is 1. The summed E-state index contributed by atoms with van der Waals surface area (Å²) in [5.41, 5.74) is 2.77. The van der Waals surface area contributed by atoms with Crippen LogP contribution in [0.2, 0.25) is 0 Å². The first-order chi connectivity index (χ1) is 10.5. The third-order valence-corrected chi connectivity index (χ3v) is 3.98. The zero-order valence-corrected chi connectivity index (χ0v) is 12.8. The summed E-state index contributed by atoms with van der Waals surface area (Å²) >= 11 is 1.35. The van der Waals surface area contributed by atoms with Gasteiger partial charge in [0.15, 0.2) is 0 Å². The summed E-state index contributed by atoms with van der Waals surface area (Å²) in [5, 5.41) is 30.4. The molecule has 0 aliphatic rings. The summed E-state index contributed by atoms with van der Waals surface area (Å²) in [4.78, 5) is 14.6. The van der Waals surface area contributed by atoms with Gasteiger partial charge in [-0.1, -0.05) is 0 Å². The lowest BCUT2D eigenvalue weighted by atomic mass is 9.95. The van der Waals surface area contributed by atoms with Crippen LogP contribution in [0.15, 0.2) is 29.3 Å². The molecule has 1 heterocycles. The van der Waals surface area contributed by atoms with Crippen LogP contribution in [-0.4, -0.2) is 21.3 Å². The van der Waals surface area contributed by atoms with Crippen molar-refractivity contribution in [2.75, 3.05) is 6.26 Å². The van der Waals surface area contributed by atoms with Crippen molar-refractivity contribution in [2.45, 2.75) is 18.6 Å². The Hall–Kier alpha value is -2.43. The van der Waals surface area contributed by atoms with Crippen LogP contribution in [0.25, 0.3) is 11.1 Å². The van der Waals surface area contributed by atoms with E-state index in [2.05, 4.69) is 11.1 Å². The maximum absolute atomic E-state index is 10.7. The highest BCUT2D eigenvalue weighted by atomic mass is 32.2. The van der Waals surface area contributed by atoms with E-state index in [-0.39, 0.29) is 12.3 Å². The molecular formula is C15H13N3O3S. The van der Waals surface area contributed by atoms with Crippen LogP contribution in [0.3, 0.4) is 0 Å². The number of nitriles is 1. The summed E-state index contributed by atoms with van der Waals surface area (Å²) in [6, 6.07) is 8.05. The van der Waals surface area contributed by atoms with Gasteiger partial charge in [-0.3, -0.25) is 10.1 Å². The highest BCUT2D eigenvalue weighted by molar-refractivity contribution is 7.98. The molecule has 0 fully saturated rings. The van der Waals surface area contributed by atoms with E-state index >= 15 is 0 Å². The molecule has 0 radical (unpaired) electrons. The van der Waals surface area contributed by atoms with Gasteiger partial charge in [0, 0.05) is 29.0 Å². The standard InChI is InChI=1S/C15H13N3O3S/c1-9-13(8-19)14(12(7-16)15(17-9)22-2)10-3-5-11(6-4-10)18(20)21/h3-6,19H,8H2,1-2H3. The Morgan fingerprint density at radius 3 is 2.50 bits per heavy atom. The second-order valence-corrected chi connectivity index (χ2v) is 5.30. The number of benzene rings is 1. The number of hydrogen-bond acceptors (Lipinski definition) is 6. The number of pyridine rings is 1. The number of nitrogens with zero attached hydrogens (tertiary/aromatic N) is 3. The molecule has 1 aromatic heterocycles. The number of non-ortho nitro benzene ring substituents is 1. The first kappa shape index (κ1) is 15.9. The van der Waals surface area contributed by atoms with E-state index in [0.29, 0.717) is 33.0 Å². The number of aliphatic hydroxyl groups excluding tert-OH is 1. The van der Waals surface area contributed by atoms with Crippen molar-refractivity contribution in [1.29, 1.82) is 5.26 Å². The van der Waals surface area contributed by atoms with Gasteiger partial charge in [0.2, 0.25) is 0 Å². The largest absolute Gasteiger partial charge is 0.392 e. The molecule has 0 saturated carbocycles. The molecule has 7 heteroatoms. The number of aromatic nitrogens is 1. The quantitative estimate of drug-likeness (QED) is 0.529. The summed E-state index contributed by atoms with van der Waals surface area (Å²) in [6.07, 6.45) is 1.82. The number of aryl methyl sites for hydroxylation is 1. The molecular weight excluding hydrogens is 302 g/mol. The van der Waals surface area contributed by atoms with Crippen LogP contribution in [0.4, 0.5) is 5.69 Å². The number of aliphatic hydroxyl groups is 1. The Morgan fingerprint density at radius 2 is 2.05 bits per heavy atom. The minimum atomic E-state index is -0.479. The first-order valence-corrected chi connectivity index (χ1v) is 7.59. The molecule has 0 aliphatic heterocycles. The molecule has 112 valence electrons. The van der Waals surface area contributed by atoms with Crippen LogP contribution >= 0.6 is 11.8 Å². The number of nitro benzene ring substituents is 1. The molecule has 1 aromatic carbocycles. The topological polar surface area (TPSA) is 100 Å². The average Bonchev–Trinajstić information content (AvgIpc) is 2.53. The fourth-order valence-corrected chi connectivity index (χ4v) is 2.81. The summed E-state index contributed by atoms with van der Waals surface area (Å²) in [7, 11) is 0. The highest BCUT2D eigenvalue weighted by Crippen LogP contribution is 2.34. The van der Waals surface area contributed by atoms with Crippen LogP contribution in [0.5, 0.6) is 0 Å². The lowest BCUT2D eigenvalue weighted by Gasteiger charge is -2.15. The minimum absolute atomic E-state index is 0.0244. The molecule has 2 rings (SSSR count). The van der Waals surface area contributed by atoms with Gasteiger partial charge < -0.3 is 5.11 Å². The molecule has 1 N–H and O–H groups in total. The van der Waals surface area contributed by atoms with E-state index < -0.39 is 4.92 Å². The van der Waals surface area contributed by atoms with Crippen LogP contribution in [-0.2, 0) is 6.61 Å². The molecule has 0 saturated heterocycles. The zero-order chi connectivity index (χ0) is 16.3. The van der Waals surface area contributed by atoms with E-state index in [9.17, 15) is 20.5 Å². The maximum Gasteiger partial charge on any atom is 0.269 e. The Balaban J connectivity index is 2.74. The summed E-state index contributed by atoms with van der Waals surface area (Å²) < 4.78 is 0. The molecule has 6 nitrogen and oxygen atoms in total. The van der Waals surface area contributed by atoms with Gasteiger partial charge in [-0.25, -0.2) is 4.98 Å². The van der Waals surface area contributed by atoms with Crippen molar-refractivity contribution in [3.05, 3.63) is 51.2 Å². The van der Waals surface area contributed by atoms with Crippen molar-refractivity contribution in [3.63, 3.8) is 0 Å². The van der Waals surface area contributed by atoms with Crippen molar-refractivity contribution in [3.8, 4) is 17.2 Å². The molecule has 0 spiro atoms. The fourth-order valence-electron chi connectivity index (χ4n) is 2.23. The molecule has 2 aromatic rings. The van der Waals surface area contributed by atoms with Crippen molar-refractivity contribution in [2.24, 2.45) is 0 Å². The van der Waals surface area contributed by atoms with Crippen LogP contribution < -0.4 is 0 Å². The van der Waals surface area contributed by atoms with Gasteiger partial charge in [0.25, 0.3) is 5.69 Å². The molecule has 0 atom stereocenters. The number of thioether (sulfide) groups is 1. The van der Waals surface area contributed by atoms with Crippen molar-refractivity contribution in [1.82, 2.24) is 4.98 Å². The maximum atomic E-state index is 10.7. The predicted octanol–water partition coefficient (Wildman–Crippen LogP) is 3.05. The Bertz CT molecular complexity index is 767. The monoisotopic (exact) mass is 315 g/mol. The van der Waals surface area contributed by atoms with Gasteiger partial charge in [-0.05, 0) is 30.9 Å². The van der Waals surface area contributed by atoms with E-state index in [1.165, 1.54) is 23.9 Å². The fraction of sp³-hybridized carbons (Fsp3) is 0.200. The van der Waals surface area contributed by atoms with E-state index in [4.69, 9.17) is 0 Å². The summed E-state index contributed by atoms with van der Waals surface area (Å²) in [5.74, 6) is 0. The molecule has 0 bridgehead atoms. The van der Waals surface area contributed by atoms with Crippen LogP contribution in [0, 0.1) is 28.4 Å². The molecule has 0 unspecified atom stereocenters. The van der Waals surface area contributed by atoms with Gasteiger partial charge in [-0.15, -0.1) is 11.8 Å². The highest BCUT2D eigenvalue weighted by Gasteiger charge is 2.19. The van der Waals surface area contributed by atoms with Gasteiger partial charge in [0.05, 0.1) is 17.1 Å². The van der Waals surface area contributed by atoms with E-state index in [1.807, 2.05) is 6.26 Å². The van der Waals surface area contributed by atoms with E-state index in [1.54, 1.807) is 19.1 Å². The van der Waals surface area contributed by atoms with Crippen LogP contribution in [0.1, 0.15) is 16.8 Å². The Labute approximate surface area is 131 Å². The molecule has 0 amide bonds. The Kier molecular flexibility index (Phi) is 4.75. The normalized spacial score (nSPS) is 10.3. The van der Waals surface area contributed by atoms with Crippen molar-refractivity contribution < 1.29 is 10.0 Å². The van der Waals surface area contributed by atoms with E-state index in [0.717, 1.165) is 0 Å². The summed E-state index contributed by atoms with van der Waals surface area (Å²) in [6.45, 7) is 1.51. The van der Waals surface area contributed by atoms with Gasteiger partial charge in [-0.2, -0.15) is 5.26 Å². The SMILES string of the molecule is CSc1nc(C)c(CO)c(-c2ccc([N+](=O)[O-])cc2)c1C#N. The number of rotatable bonds is 4. The first-order valence-electron chi connectivity index (χ1n) is 6.36. The van der Waals surface area contributed by atoms with Gasteiger partial charge in [0.1, 0.15) is 11.1 Å². The zero-order valence-electron chi connectivity index (χ0n) is 12.0. The third-order valence-electron chi connectivity index (χ3n) is 3.30. The minimum Gasteiger partial charge on any atom is -0.392 e. The lowest BCUT2D eigenvalue weighted by molar-refractivity contribution is -0.384. The smallest absolute Gasteiger partial charge is 0.269 e. The second-order valence-electron chi connectivity index (χ2n) is 4.51. The van der Waals surface area contributed by atoms with Crippen molar-refractivity contribution >= 4 is 17.4 Å². The van der Waals surface area contributed by atoms with Gasteiger partial charge >= 0.3 is 0 Å². The average molecular weight is 315 g/mol. The predicted molar refractivity (Wildman–Crippen MR) is 83.5 cm³/mol. The number of nitro groups is 1. The lowest BCUT2D eigenvalue weighted by Crippen LogP contribution is -2.03. The Morgan fingerprint density at radius 1 is 1.41 bits per heavy atom.